The zero-order chi connectivity index (χ0) is 14.8. The van der Waals surface area contributed by atoms with Crippen LogP contribution in [0.25, 0.3) is 16.9 Å². The van der Waals surface area contributed by atoms with Crippen molar-refractivity contribution in [1.29, 1.82) is 0 Å². The van der Waals surface area contributed by atoms with Crippen LogP contribution in [-0.2, 0) is 5.88 Å². The van der Waals surface area contributed by atoms with Crippen molar-refractivity contribution in [2.24, 2.45) is 0 Å². The van der Waals surface area contributed by atoms with Gasteiger partial charge in [-0.15, -0.1) is 16.7 Å². The lowest BCUT2D eigenvalue weighted by atomic mass is 10.1. The Morgan fingerprint density at radius 2 is 1.90 bits per heavy atom. The number of hydrogen-bond donors (Lipinski definition) is 0. The van der Waals surface area contributed by atoms with Gasteiger partial charge in [-0.1, -0.05) is 47.1 Å². The molecule has 21 heavy (non-hydrogen) atoms. The molecule has 0 bridgehead atoms. The Balaban J connectivity index is 2.24. The summed E-state index contributed by atoms with van der Waals surface area (Å²) in [6.07, 6.45) is 0. The number of rotatable bonds is 3. The van der Waals surface area contributed by atoms with Gasteiger partial charge in [-0.05, 0) is 30.7 Å². The third kappa shape index (κ3) is 2.67. The van der Waals surface area contributed by atoms with Gasteiger partial charge in [0.1, 0.15) is 5.69 Å². The van der Waals surface area contributed by atoms with E-state index in [-0.39, 0.29) is 0 Å². The molecule has 0 spiro atoms. The third-order valence-electron chi connectivity index (χ3n) is 3.31. The van der Waals surface area contributed by atoms with Gasteiger partial charge < -0.3 is 0 Å². The fourth-order valence-corrected chi connectivity index (χ4v) is 2.67. The Bertz CT molecular complexity index is 781. The van der Waals surface area contributed by atoms with E-state index in [1.54, 1.807) is 0 Å². The summed E-state index contributed by atoms with van der Waals surface area (Å²) in [5.74, 6) is 0.299. The summed E-state index contributed by atoms with van der Waals surface area (Å²) < 4.78 is 1.82. The molecule has 3 aromatic rings. The predicted molar refractivity (Wildman–Crippen MR) is 86.1 cm³/mol. The van der Waals surface area contributed by atoms with Crippen LogP contribution < -0.4 is 0 Å². The largest absolute Gasteiger partial charge is 0.212 e. The van der Waals surface area contributed by atoms with E-state index in [2.05, 4.69) is 10.3 Å². The first-order valence-electron chi connectivity index (χ1n) is 6.53. The molecule has 0 aliphatic heterocycles. The van der Waals surface area contributed by atoms with E-state index in [9.17, 15) is 0 Å². The number of aromatic nitrogens is 3. The van der Waals surface area contributed by atoms with E-state index in [1.165, 1.54) is 0 Å². The lowest BCUT2D eigenvalue weighted by Crippen LogP contribution is -2.02. The molecule has 1 heterocycles. The maximum absolute atomic E-state index is 6.10. The van der Waals surface area contributed by atoms with E-state index >= 15 is 0 Å². The van der Waals surface area contributed by atoms with Crippen LogP contribution in [0.1, 0.15) is 11.3 Å². The molecule has 5 heteroatoms. The molecule has 0 fully saturated rings. The quantitative estimate of drug-likeness (QED) is 0.659. The van der Waals surface area contributed by atoms with Crippen LogP contribution in [0.15, 0.2) is 48.5 Å². The number of para-hydroxylation sites is 1. The van der Waals surface area contributed by atoms with Gasteiger partial charge in [-0.2, -0.15) is 0 Å². The SMILES string of the molecule is Cc1ccccc1-n1nnc(CCl)c1-c1cccc(Cl)c1. The van der Waals surface area contributed by atoms with E-state index in [0.29, 0.717) is 10.9 Å². The monoisotopic (exact) mass is 317 g/mol. The molecule has 0 N–H and O–H groups in total. The Kier molecular flexibility index (Phi) is 3.95. The van der Waals surface area contributed by atoms with E-state index in [1.807, 2.05) is 60.1 Å². The molecule has 2 aromatic carbocycles. The van der Waals surface area contributed by atoms with Crippen molar-refractivity contribution in [3.8, 4) is 16.9 Å². The van der Waals surface area contributed by atoms with Crippen molar-refractivity contribution in [2.45, 2.75) is 12.8 Å². The minimum Gasteiger partial charge on any atom is -0.212 e. The summed E-state index contributed by atoms with van der Waals surface area (Å²) in [5.41, 5.74) is 4.67. The van der Waals surface area contributed by atoms with Crippen molar-refractivity contribution in [1.82, 2.24) is 15.0 Å². The molecule has 0 amide bonds. The van der Waals surface area contributed by atoms with Crippen LogP contribution in [0.2, 0.25) is 5.02 Å². The molecule has 106 valence electrons. The Morgan fingerprint density at radius 1 is 1.10 bits per heavy atom. The van der Waals surface area contributed by atoms with Gasteiger partial charge in [-0.25, -0.2) is 4.68 Å². The summed E-state index contributed by atoms with van der Waals surface area (Å²) in [4.78, 5) is 0. The van der Waals surface area contributed by atoms with Crippen LogP contribution >= 0.6 is 23.2 Å². The Hall–Kier alpha value is -1.84. The highest BCUT2D eigenvalue weighted by Gasteiger charge is 2.16. The number of alkyl halides is 1. The van der Waals surface area contributed by atoms with Gasteiger partial charge in [-0.3, -0.25) is 0 Å². The molecule has 0 aliphatic carbocycles. The van der Waals surface area contributed by atoms with Crippen LogP contribution in [0.3, 0.4) is 0 Å². The van der Waals surface area contributed by atoms with E-state index in [0.717, 1.165) is 28.2 Å². The molecule has 0 saturated heterocycles. The summed E-state index contributed by atoms with van der Waals surface area (Å²) in [7, 11) is 0. The maximum atomic E-state index is 6.10. The van der Waals surface area contributed by atoms with Gasteiger partial charge in [0.15, 0.2) is 0 Å². The fourth-order valence-electron chi connectivity index (χ4n) is 2.30. The minimum absolute atomic E-state index is 0.299. The van der Waals surface area contributed by atoms with E-state index in [4.69, 9.17) is 23.2 Å². The summed E-state index contributed by atoms with van der Waals surface area (Å²) in [6.45, 7) is 2.04. The standard InChI is InChI=1S/C16H13Cl2N3/c1-11-5-2-3-8-15(11)21-16(14(10-17)19-20-21)12-6-4-7-13(18)9-12/h2-9H,10H2,1H3. The van der Waals surface area contributed by atoms with Gasteiger partial charge in [0.2, 0.25) is 0 Å². The molecular weight excluding hydrogens is 305 g/mol. The molecule has 0 saturated carbocycles. The molecule has 0 atom stereocenters. The van der Waals surface area contributed by atoms with Crippen molar-refractivity contribution < 1.29 is 0 Å². The first kappa shape index (κ1) is 14.1. The first-order valence-corrected chi connectivity index (χ1v) is 7.44. The lowest BCUT2D eigenvalue weighted by Gasteiger charge is -2.10. The normalized spacial score (nSPS) is 10.8. The summed E-state index contributed by atoms with van der Waals surface area (Å²) >= 11 is 12.1. The zero-order valence-corrected chi connectivity index (χ0v) is 12.9. The molecule has 1 aromatic heterocycles. The summed E-state index contributed by atoms with van der Waals surface area (Å²) in [5, 5.41) is 9.13. The number of benzene rings is 2. The molecular formula is C16H13Cl2N3. The Morgan fingerprint density at radius 3 is 2.62 bits per heavy atom. The Labute approximate surface area is 133 Å². The topological polar surface area (TPSA) is 30.7 Å². The number of nitrogens with zero attached hydrogens (tertiary/aromatic N) is 3. The summed E-state index contributed by atoms with van der Waals surface area (Å²) in [6, 6.07) is 15.7. The maximum Gasteiger partial charge on any atom is 0.106 e. The first-order chi connectivity index (χ1) is 10.2. The van der Waals surface area contributed by atoms with Crippen molar-refractivity contribution >= 4 is 23.2 Å². The lowest BCUT2D eigenvalue weighted by molar-refractivity contribution is 0.800. The molecule has 3 rings (SSSR count). The molecule has 3 nitrogen and oxygen atoms in total. The van der Waals surface area contributed by atoms with Gasteiger partial charge in [0.25, 0.3) is 0 Å². The highest BCUT2D eigenvalue weighted by molar-refractivity contribution is 6.30. The van der Waals surface area contributed by atoms with Crippen LogP contribution in [-0.4, -0.2) is 15.0 Å². The molecule has 0 aliphatic rings. The minimum atomic E-state index is 0.299. The fraction of sp³-hybridized carbons (Fsp3) is 0.125. The van der Waals surface area contributed by atoms with E-state index < -0.39 is 0 Å². The zero-order valence-electron chi connectivity index (χ0n) is 11.4. The van der Waals surface area contributed by atoms with Crippen molar-refractivity contribution in [2.75, 3.05) is 0 Å². The second kappa shape index (κ2) is 5.88. The highest BCUT2D eigenvalue weighted by Crippen LogP contribution is 2.29. The number of hydrogen-bond acceptors (Lipinski definition) is 2. The molecule has 0 radical (unpaired) electrons. The highest BCUT2D eigenvalue weighted by atomic mass is 35.5. The van der Waals surface area contributed by atoms with Gasteiger partial charge >= 0.3 is 0 Å². The smallest absolute Gasteiger partial charge is 0.106 e. The van der Waals surface area contributed by atoms with Crippen molar-refractivity contribution in [3.63, 3.8) is 0 Å². The predicted octanol–water partition coefficient (Wildman–Crippen LogP) is 4.63. The average Bonchev–Trinajstić information content (AvgIpc) is 2.91. The number of aryl methyl sites for hydroxylation is 1. The third-order valence-corrected chi connectivity index (χ3v) is 3.80. The van der Waals surface area contributed by atoms with Crippen LogP contribution in [0.5, 0.6) is 0 Å². The van der Waals surface area contributed by atoms with Gasteiger partial charge in [0, 0.05) is 10.6 Å². The molecule has 0 unspecified atom stereocenters. The van der Waals surface area contributed by atoms with Gasteiger partial charge in [0.05, 0.1) is 17.3 Å². The second-order valence-electron chi connectivity index (χ2n) is 4.73. The second-order valence-corrected chi connectivity index (χ2v) is 5.43. The van der Waals surface area contributed by atoms with Crippen LogP contribution in [0.4, 0.5) is 0 Å². The number of halogens is 2. The van der Waals surface area contributed by atoms with Crippen molar-refractivity contribution in [3.05, 3.63) is 64.8 Å². The average molecular weight is 318 g/mol. The van der Waals surface area contributed by atoms with Crippen LogP contribution in [0, 0.1) is 6.92 Å².